The maximum absolute atomic E-state index is 10.3. The van der Waals surface area contributed by atoms with Gasteiger partial charge in [-0.2, -0.15) is 0 Å². The first-order valence-corrected chi connectivity index (χ1v) is 7.64. The summed E-state index contributed by atoms with van der Waals surface area (Å²) < 4.78 is 0. The SMILES string of the molecule is CCCC(CC)NCC(O)c1ccc2ccccc2c1. The van der Waals surface area contributed by atoms with Gasteiger partial charge in [0.1, 0.15) is 0 Å². The highest BCUT2D eigenvalue weighted by Crippen LogP contribution is 2.20. The van der Waals surface area contributed by atoms with Gasteiger partial charge in [-0.05, 0) is 35.2 Å². The first kappa shape index (κ1) is 15.0. The quantitative estimate of drug-likeness (QED) is 0.796. The molecule has 0 aliphatic heterocycles. The van der Waals surface area contributed by atoms with Crippen molar-refractivity contribution in [3.63, 3.8) is 0 Å². The van der Waals surface area contributed by atoms with Gasteiger partial charge in [0.2, 0.25) is 0 Å². The molecule has 0 aromatic heterocycles. The molecule has 2 heteroatoms. The molecule has 0 saturated carbocycles. The van der Waals surface area contributed by atoms with Crippen LogP contribution in [-0.2, 0) is 0 Å². The monoisotopic (exact) mass is 271 g/mol. The van der Waals surface area contributed by atoms with Gasteiger partial charge >= 0.3 is 0 Å². The minimum absolute atomic E-state index is 0.439. The molecule has 2 N–H and O–H groups in total. The van der Waals surface area contributed by atoms with E-state index in [-0.39, 0.29) is 0 Å². The van der Waals surface area contributed by atoms with Crippen LogP contribution < -0.4 is 5.32 Å². The molecule has 20 heavy (non-hydrogen) atoms. The van der Waals surface area contributed by atoms with E-state index in [1.54, 1.807) is 0 Å². The van der Waals surface area contributed by atoms with Gasteiger partial charge in [-0.25, -0.2) is 0 Å². The lowest BCUT2D eigenvalue weighted by atomic mass is 10.0. The molecule has 0 fully saturated rings. The fraction of sp³-hybridized carbons (Fsp3) is 0.444. The number of hydrogen-bond donors (Lipinski definition) is 2. The van der Waals surface area contributed by atoms with Gasteiger partial charge < -0.3 is 10.4 Å². The fourth-order valence-corrected chi connectivity index (χ4v) is 2.61. The Bertz CT molecular complexity index is 538. The number of nitrogens with one attached hydrogen (secondary N) is 1. The lowest BCUT2D eigenvalue weighted by Gasteiger charge is -2.19. The van der Waals surface area contributed by atoms with Crippen molar-refractivity contribution < 1.29 is 5.11 Å². The van der Waals surface area contributed by atoms with Crippen LogP contribution in [0.2, 0.25) is 0 Å². The number of benzene rings is 2. The topological polar surface area (TPSA) is 32.3 Å². The molecule has 0 radical (unpaired) electrons. The minimum atomic E-state index is -0.439. The van der Waals surface area contributed by atoms with Crippen LogP contribution in [0, 0.1) is 0 Å². The Labute approximate surface area is 121 Å². The summed E-state index contributed by atoms with van der Waals surface area (Å²) in [6.45, 7) is 5.01. The molecule has 0 saturated heterocycles. The number of rotatable bonds is 7. The largest absolute Gasteiger partial charge is 0.387 e. The molecule has 0 aliphatic rings. The second-order valence-corrected chi connectivity index (χ2v) is 5.42. The van der Waals surface area contributed by atoms with Crippen LogP contribution in [0.3, 0.4) is 0 Å². The molecular weight excluding hydrogens is 246 g/mol. The molecule has 0 bridgehead atoms. The van der Waals surface area contributed by atoms with Crippen LogP contribution in [0.25, 0.3) is 10.8 Å². The van der Waals surface area contributed by atoms with Crippen molar-refractivity contribution in [2.24, 2.45) is 0 Å². The van der Waals surface area contributed by atoms with E-state index in [1.165, 1.54) is 23.6 Å². The highest BCUT2D eigenvalue weighted by molar-refractivity contribution is 5.83. The predicted octanol–water partition coefficient (Wildman–Crippen LogP) is 4.04. The van der Waals surface area contributed by atoms with E-state index in [0.717, 1.165) is 12.0 Å². The zero-order valence-electron chi connectivity index (χ0n) is 12.5. The predicted molar refractivity (Wildman–Crippen MR) is 85.9 cm³/mol. The summed E-state index contributed by atoms with van der Waals surface area (Å²) in [5, 5.41) is 16.2. The first-order valence-electron chi connectivity index (χ1n) is 7.64. The first-order chi connectivity index (χ1) is 9.74. The zero-order chi connectivity index (χ0) is 14.4. The second kappa shape index (κ2) is 7.41. The summed E-state index contributed by atoms with van der Waals surface area (Å²) in [6.07, 6.45) is 3.02. The van der Waals surface area contributed by atoms with Gasteiger partial charge in [-0.1, -0.05) is 56.7 Å². The molecular formula is C18H25NO. The van der Waals surface area contributed by atoms with E-state index in [0.29, 0.717) is 12.6 Å². The molecule has 2 aromatic rings. The third-order valence-corrected chi connectivity index (χ3v) is 3.89. The Hall–Kier alpha value is -1.38. The number of hydrogen-bond acceptors (Lipinski definition) is 2. The molecule has 2 unspecified atom stereocenters. The number of aliphatic hydroxyl groups excluding tert-OH is 1. The van der Waals surface area contributed by atoms with Crippen LogP contribution in [0.4, 0.5) is 0 Å². The molecule has 108 valence electrons. The van der Waals surface area contributed by atoms with E-state index in [1.807, 2.05) is 18.2 Å². The Balaban J connectivity index is 2.01. The van der Waals surface area contributed by atoms with E-state index in [2.05, 4.69) is 43.4 Å². The van der Waals surface area contributed by atoms with E-state index in [4.69, 9.17) is 0 Å². The van der Waals surface area contributed by atoms with Crippen LogP contribution in [0.15, 0.2) is 42.5 Å². The summed E-state index contributed by atoms with van der Waals surface area (Å²) >= 11 is 0. The second-order valence-electron chi connectivity index (χ2n) is 5.42. The molecule has 0 amide bonds. The molecule has 0 spiro atoms. The third-order valence-electron chi connectivity index (χ3n) is 3.89. The Kier molecular flexibility index (Phi) is 5.57. The smallest absolute Gasteiger partial charge is 0.0914 e. The van der Waals surface area contributed by atoms with Crippen molar-refractivity contribution >= 4 is 10.8 Å². The zero-order valence-corrected chi connectivity index (χ0v) is 12.5. The summed E-state index contributed by atoms with van der Waals surface area (Å²) in [5.74, 6) is 0. The van der Waals surface area contributed by atoms with E-state index < -0.39 is 6.10 Å². The van der Waals surface area contributed by atoms with Gasteiger partial charge in [0.25, 0.3) is 0 Å². The van der Waals surface area contributed by atoms with E-state index in [9.17, 15) is 5.11 Å². The highest BCUT2D eigenvalue weighted by Gasteiger charge is 2.11. The average molecular weight is 271 g/mol. The molecule has 2 atom stereocenters. The average Bonchev–Trinajstić information content (AvgIpc) is 2.50. The Morgan fingerprint density at radius 1 is 1.05 bits per heavy atom. The van der Waals surface area contributed by atoms with Gasteiger partial charge in [0, 0.05) is 12.6 Å². The molecule has 0 heterocycles. The lowest BCUT2D eigenvalue weighted by molar-refractivity contribution is 0.168. The fourth-order valence-electron chi connectivity index (χ4n) is 2.61. The molecule has 2 nitrogen and oxygen atoms in total. The summed E-state index contributed by atoms with van der Waals surface area (Å²) in [5.41, 5.74) is 0.988. The summed E-state index contributed by atoms with van der Waals surface area (Å²) in [6, 6.07) is 15.0. The maximum Gasteiger partial charge on any atom is 0.0914 e. The van der Waals surface area contributed by atoms with E-state index >= 15 is 0 Å². The number of aliphatic hydroxyl groups is 1. The Morgan fingerprint density at radius 3 is 2.50 bits per heavy atom. The normalized spacial score (nSPS) is 14.3. The van der Waals surface area contributed by atoms with Crippen molar-refractivity contribution in [2.75, 3.05) is 6.54 Å². The summed E-state index contributed by atoms with van der Waals surface area (Å²) in [4.78, 5) is 0. The van der Waals surface area contributed by atoms with Crippen molar-refractivity contribution in [3.8, 4) is 0 Å². The Morgan fingerprint density at radius 2 is 1.80 bits per heavy atom. The van der Waals surface area contributed by atoms with Gasteiger partial charge in [0.15, 0.2) is 0 Å². The van der Waals surface area contributed by atoms with Crippen molar-refractivity contribution in [3.05, 3.63) is 48.0 Å². The minimum Gasteiger partial charge on any atom is -0.387 e. The summed E-state index contributed by atoms with van der Waals surface area (Å²) in [7, 11) is 0. The van der Waals surface area contributed by atoms with Crippen molar-refractivity contribution in [1.82, 2.24) is 5.32 Å². The third kappa shape index (κ3) is 3.81. The number of fused-ring (bicyclic) bond motifs is 1. The maximum atomic E-state index is 10.3. The lowest BCUT2D eigenvalue weighted by Crippen LogP contribution is -2.32. The van der Waals surface area contributed by atoms with Gasteiger partial charge in [-0.15, -0.1) is 0 Å². The standard InChI is InChI=1S/C18H25NO/c1-3-7-17(4-2)19-13-18(20)16-11-10-14-8-5-6-9-15(14)12-16/h5-6,8-12,17-20H,3-4,7,13H2,1-2H3. The van der Waals surface area contributed by atoms with Crippen LogP contribution in [0.1, 0.15) is 44.8 Å². The van der Waals surface area contributed by atoms with Crippen LogP contribution in [0.5, 0.6) is 0 Å². The molecule has 0 aliphatic carbocycles. The van der Waals surface area contributed by atoms with Crippen LogP contribution in [-0.4, -0.2) is 17.7 Å². The highest BCUT2D eigenvalue weighted by atomic mass is 16.3. The van der Waals surface area contributed by atoms with Crippen LogP contribution >= 0.6 is 0 Å². The molecule has 2 aromatic carbocycles. The van der Waals surface area contributed by atoms with Crippen molar-refractivity contribution in [1.29, 1.82) is 0 Å². The van der Waals surface area contributed by atoms with Crippen molar-refractivity contribution in [2.45, 2.75) is 45.3 Å². The van der Waals surface area contributed by atoms with Gasteiger partial charge in [0.05, 0.1) is 6.10 Å². The van der Waals surface area contributed by atoms with Gasteiger partial charge in [-0.3, -0.25) is 0 Å². The molecule has 2 rings (SSSR count).